The van der Waals surface area contributed by atoms with Crippen molar-refractivity contribution in [2.45, 2.75) is 33.1 Å². The summed E-state index contributed by atoms with van der Waals surface area (Å²) in [4.78, 5) is 11.7. The summed E-state index contributed by atoms with van der Waals surface area (Å²) >= 11 is 0. The van der Waals surface area contributed by atoms with Crippen LogP contribution in [0.4, 0.5) is 0 Å². The van der Waals surface area contributed by atoms with Crippen molar-refractivity contribution in [1.82, 2.24) is 0 Å². The van der Waals surface area contributed by atoms with Gasteiger partial charge in [0.25, 0.3) is 0 Å². The first-order valence-corrected chi connectivity index (χ1v) is 6.84. The number of rotatable bonds is 2. The molecular formula is C18H18O. The maximum Gasteiger partial charge on any atom is 0.159 e. The van der Waals surface area contributed by atoms with Gasteiger partial charge < -0.3 is 0 Å². The minimum absolute atomic E-state index is 0.153. The fourth-order valence-electron chi connectivity index (χ4n) is 2.98. The SMILES string of the molecule is CC(=O)c1cc2c(c(C(C)C)c1)-c1ccccc1C2. The molecule has 0 spiro atoms. The monoisotopic (exact) mass is 250 g/mol. The van der Waals surface area contributed by atoms with Gasteiger partial charge in [-0.05, 0) is 59.2 Å². The van der Waals surface area contributed by atoms with Crippen LogP contribution in [0.15, 0.2) is 36.4 Å². The van der Waals surface area contributed by atoms with Crippen LogP contribution in [0.1, 0.15) is 53.7 Å². The van der Waals surface area contributed by atoms with E-state index in [1.54, 1.807) is 6.92 Å². The molecule has 0 N–H and O–H groups in total. The van der Waals surface area contributed by atoms with Crippen LogP contribution in [0.5, 0.6) is 0 Å². The van der Waals surface area contributed by atoms with Gasteiger partial charge >= 0.3 is 0 Å². The van der Waals surface area contributed by atoms with Crippen LogP contribution in [-0.2, 0) is 6.42 Å². The Morgan fingerprint density at radius 1 is 1.11 bits per heavy atom. The molecule has 2 aromatic rings. The second-order valence-corrected chi connectivity index (χ2v) is 5.64. The lowest BCUT2D eigenvalue weighted by Crippen LogP contribution is -2.00. The van der Waals surface area contributed by atoms with E-state index in [0.29, 0.717) is 5.92 Å². The first-order valence-electron chi connectivity index (χ1n) is 6.84. The Kier molecular flexibility index (Phi) is 2.78. The number of fused-ring (bicyclic) bond motifs is 3. The summed E-state index contributed by atoms with van der Waals surface area (Å²) in [5.41, 5.74) is 7.52. The highest BCUT2D eigenvalue weighted by molar-refractivity contribution is 5.96. The number of benzene rings is 2. The third-order valence-corrected chi connectivity index (χ3v) is 3.95. The van der Waals surface area contributed by atoms with Gasteiger partial charge in [0.15, 0.2) is 5.78 Å². The number of hydrogen-bond donors (Lipinski definition) is 0. The zero-order chi connectivity index (χ0) is 13.6. The van der Waals surface area contributed by atoms with Crippen molar-refractivity contribution in [3.63, 3.8) is 0 Å². The van der Waals surface area contributed by atoms with Crippen LogP contribution in [0.3, 0.4) is 0 Å². The average Bonchev–Trinajstić information content (AvgIpc) is 2.75. The molecule has 0 radical (unpaired) electrons. The van der Waals surface area contributed by atoms with Crippen molar-refractivity contribution in [2.75, 3.05) is 0 Å². The molecule has 0 saturated carbocycles. The third-order valence-electron chi connectivity index (χ3n) is 3.95. The zero-order valence-electron chi connectivity index (χ0n) is 11.7. The Bertz CT molecular complexity index is 665. The Morgan fingerprint density at radius 2 is 1.84 bits per heavy atom. The van der Waals surface area contributed by atoms with E-state index >= 15 is 0 Å². The summed E-state index contributed by atoms with van der Waals surface area (Å²) in [6.07, 6.45) is 0.951. The topological polar surface area (TPSA) is 17.1 Å². The van der Waals surface area contributed by atoms with Gasteiger partial charge in [0.05, 0.1) is 0 Å². The quantitative estimate of drug-likeness (QED) is 0.608. The molecule has 1 heteroatoms. The van der Waals surface area contributed by atoms with E-state index in [1.165, 1.54) is 27.8 Å². The van der Waals surface area contributed by atoms with E-state index in [2.05, 4.69) is 50.2 Å². The van der Waals surface area contributed by atoms with Gasteiger partial charge in [0.1, 0.15) is 0 Å². The fraction of sp³-hybridized carbons (Fsp3) is 0.278. The number of carbonyl (C=O) groups excluding carboxylic acids is 1. The van der Waals surface area contributed by atoms with Crippen molar-refractivity contribution in [3.05, 3.63) is 58.7 Å². The summed E-state index contributed by atoms with van der Waals surface area (Å²) < 4.78 is 0. The smallest absolute Gasteiger partial charge is 0.159 e. The maximum atomic E-state index is 11.7. The standard InChI is InChI=1S/C18H18O/c1-11(2)17-10-14(12(3)19)9-15-8-13-6-4-5-7-16(13)18(15)17/h4-7,9-11H,8H2,1-3H3. The summed E-state index contributed by atoms with van der Waals surface area (Å²) in [6.45, 7) is 6.04. The molecule has 2 aromatic carbocycles. The molecule has 0 amide bonds. The minimum atomic E-state index is 0.153. The molecular weight excluding hydrogens is 232 g/mol. The predicted molar refractivity (Wildman–Crippen MR) is 78.8 cm³/mol. The highest BCUT2D eigenvalue weighted by Crippen LogP contribution is 2.41. The highest BCUT2D eigenvalue weighted by Gasteiger charge is 2.23. The molecule has 0 fully saturated rings. The van der Waals surface area contributed by atoms with Gasteiger partial charge in [-0.15, -0.1) is 0 Å². The predicted octanol–water partition coefficient (Wildman–Crippen LogP) is 4.58. The Morgan fingerprint density at radius 3 is 2.53 bits per heavy atom. The van der Waals surface area contributed by atoms with Gasteiger partial charge in [-0.3, -0.25) is 4.79 Å². The fourth-order valence-corrected chi connectivity index (χ4v) is 2.98. The summed E-state index contributed by atoms with van der Waals surface area (Å²) in [7, 11) is 0. The average molecular weight is 250 g/mol. The lowest BCUT2D eigenvalue weighted by Gasteiger charge is -2.14. The van der Waals surface area contributed by atoms with Crippen molar-refractivity contribution >= 4 is 5.78 Å². The molecule has 1 aliphatic rings. The Balaban J connectivity index is 2.29. The van der Waals surface area contributed by atoms with E-state index in [-0.39, 0.29) is 5.78 Å². The molecule has 0 heterocycles. The Hall–Kier alpha value is -1.89. The molecule has 1 aliphatic carbocycles. The van der Waals surface area contributed by atoms with Gasteiger partial charge in [-0.2, -0.15) is 0 Å². The molecule has 0 unspecified atom stereocenters. The number of Topliss-reactive ketones (excluding diaryl/α,β-unsaturated/α-hetero) is 1. The molecule has 0 atom stereocenters. The molecule has 19 heavy (non-hydrogen) atoms. The third kappa shape index (κ3) is 1.90. The second-order valence-electron chi connectivity index (χ2n) is 5.64. The van der Waals surface area contributed by atoms with Gasteiger partial charge in [0, 0.05) is 5.56 Å². The Labute approximate surface area is 114 Å². The number of carbonyl (C=O) groups is 1. The normalized spacial score (nSPS) is 12.4. The van der Waals surface area contributed by atoms with Gasteiger partial charge in [-0.1, -0.05) is 38.1 Å². The van der Waals surface area contributed by atoms with E-state index in [9.17, 15) is 4.79 Å². The van der Waals surface area contributed by atoms with E-state index in [4.69, 9.17) is 0 Å². The molecule has 1 nitrogen and oxygen atoms in total. The van der Waals surface area contributed by atoms with Crippen LogP contribution >= 0.6 is 0 Å². The van der Waals surface area contributed by atoms with E-state index in [0.717, 1.165) is 12.0 Å². The van der Waals surface area contributed by atoms with Crippen molar-refractivity contribution in [1.29, 1.82) is 0 Å². The number of hydrogen-bond acceptors (Lipinski definition) is 1. The van der Waals surface area contributed by atoms with E-state index in [1.807, 2.05) is 0 Å². The van der Waals surface area contributed by atoms with Crippen molar-refractivity contribution in [3.8, 4) is 11.1 Å². The molecule has 3 rings (SSSR count). The summed E-state index contributed by atoms with van der Waals surface area (Å²) in [5, 5.41) is 0. The summed E-state index contributed by atoms with van der Waals surface area (Å²) in [5.74, 6) is 0.583. The van der Waals surface area contributed by atoms with Crippen LogP contribution in [0.2, 0.25) is 0 Å². The number of ketones is 1. The van der Waals surface area contributed by atoms with Crippen molar-refractivity contribution < 1.29 is 4.79 Å². The lowest BCUT2D eigenvalue weighted by molar-refractivity contribution is 0.101. The molecule has 0 bridgehead atoms. The molecule has 0 aliphatic heterocycles. The van der Waals surface area contributed by atoms with Crippen LogP contribution < -0.4 is 0 Å². The highest BCUT2D eigenvalue weighted by atomic mass is 16.1. The second kappa shape index (κ2) is 4.34. The van der Waals surface area contributed by atoms with Crippen molar-refractivity contribution in [2.24, 2.45) is 0 Å². The first-order chi connectivity index (χ1) is 9.08. The summed E-state index contributed by atoms with van der Waals surface area (Å²) in [6, 6.07) is 12.7. The largest absolute Gasteiger partial charge is 0.295 e. The van der Waals surface area contributed by atoms with Crippen LogP contribution in [0.25, 0.3) is 11.1 Å². The maximum absolute atomic E-state index is 11.7. The van der Waals surface area contributed by atoms with E-state index < -0.39 is 0 Å². The first kappa shape index (κ1) is 12.2. The van der Waals surface area contributed by atoms with Gasteiger partial charge in [0.2, 0.25) is 0 Å². The lowest BCUT2D eigenvalue weighted by atomic mass is 9.89. The molecule has 96 valence electrons. The van der Waals surface area contributed by atoms with Crippen LogP contribution in [0, 0.1) is 0 Å². The molecule has 0 saturated heterocycles. The van der Waals surface area contributed by atoms with Crippen LogP contribution in [-0.4, -0.2) is 5.78 Å². The molecule has 0 aromatic heterocycles. The minimum Gasteiger partial charge on any atom is -0.295 e. The van der Waals surface area contributed by atoms with Gasteiger partial charge in [-0.25, -0.2) is 0 Å². The zero-order valence-corrected chi connectivity index (χ0v) is 11.7.